The molecule has 0 N–H and O–H groups in total. The summed E-state index contributed by atoms with van der Waals surface area (Å²) in [5.74, 6) is 0. The zero-order valence-corrected chi connectivity index (χ0v) is 11.4. The molecular weight excluding hydrogens is 282 g/mol. The number of hydrogen-bond donors (Lipinski definition) is 0. The van der Waals surface area contributed by atoms with Crippen LogP contribution in [0, 0.1) is 10.1 Å². The molecule has 108 valence electrons. The van der Waals surface area contributed by atoms with Crippen molar-refractivity contribution in [3.63, 3.8) is 0 Å². The molecule has 0 bridgehead atoms. The summed E-state index contributed by atoms with van der Waals surface area (Å²) in [6.45, 7) is 0. The van der Waals surface area contributed by atoms with Gasteiger partial charge in [0.2, 0.25) is 0 Å². The van der Waals surface area contributed by atoms with E-state index in [0.717, 1.165) is 11.3 Å². The molecule has 0 fully saturated rings. The third-order valence-electron chi connectivity index (χ3n) is 3.00. The van der Waals surface area contributed by atoms with Crippen molar-refractivity contribution in [2.45, 2.75) is 0 Å². The van der Waals surface area contributed by atoms with E-state index in [1.807, 2.05) is 30.3 Å². The molecule has 7 heteroatoms. The Kier molecular flexibility index (Phi) is 3.69. The van der Waals surface area contributed by atoms with E-state index in [0.29, 0.717) is 5.69 Å². The Morgan fingerprint density at radius 2 is 1.91 bits per heavy atom. The number of hydrogen-bond acceptors (Lipinski definition) is 5. The molecule has 0 spiro atoms. The molecule has 0 saturated heterocycles. The summed E-state index contributed by atoms with van der Waals surface area (Å²) in [7, 11) is 0. The standard InChI is InChI=1S/C15H11N5O2/c21-20(22)15-8-5-13(17-9-15)4-1-12-2-6-14(7-3-12)19-11-16-10-18-19/h1-11H/b4-1+. The minimum Gasteiger partial charge on any atom is -0.258 e. The third-order valence-corrected chi connectivity index (χ3v) is 3.00. The zero-order chi connectivity index (χ0) is 15.4. The van der Waals surface area contributed by atoms with Gasteiger partial charge in [0, 0.05) is 6.07 Å². The van der Waals surface area contributed by atoms with Crippen LogP contribution in [-0.4, -0.2) is 24.7 Å². The van der Waals surface area contributed by atoms with Gasteiger partial charge in [-0.15, -0.1) is 0 Å². The molecule has 0 aliphatic carbocycles. The summed E-state index contributed by atoms with van der Waals surface area (Å²) in [5.41, 5.74) is 2.55. The number of pyridine rings is 1. The summed E-state index contributed by atoms with van der Waals surface area (Å²) >= 11 is 0. The molecule has 7 nitrogen and oxygen atoms in total. The lowest BCUT2D eigenvalue weighted by Crippen LogP contribution is -1.93. The fourth-order valence-electron chi connectivity index (χ4n) is 1.87. The molecule has 0 amide bonds. The third kappa shape index (κ3) is 3.04. The lowest BCUT2D eigenvalue weighted by atomic mass is 10.2. The molecular formula is C15H11N5O2. The van der Waals surface area contributed by atoms with E-state index in [2.05, 4.69) is 15.1 Å². The first kappa shape index (κ1) is 13.6. The molecule has 2 aromatic heterocycles. The van der Waals surface area contributed by atoms with Gasteiger partial charge < -0.3 is 0 Å². The van der Waals surface area contributed by atoms with Crippen molar-refractivity contribution in [2.75, 3.05) is 0 Å². The Morgan fingerprint density at radius 1 is 1.09 bits per heavy atom. The SMILES string of the molecule is O=[N+]([O-])c1ccc(/C=C/c2ccc(-n3cncn3)cc2)nc1. The highest BCUT2D eigenvalue weighted by Crippen LogP contribution is 2.13. The van der Waals surface area contributed by atoms with Gasteiger partial charge in [-0.1, -0.05) is 18.2 Å². The highest BCUT2D eigenvalue weighted by molar-refractivity contribution is 5.68. The van der Waals surface area contributed by atoms with Crippen molar-refractivity contribution in [3.8, 4) is 5.69 Å². The molecule has 2 heterocycles. The minimum atomic E-state index is -0.469. The van der Waals surface area contributed by atoms with Gasteiger partial charge in [0.05, 0.1) is 16.3 Å². The molecule has 0 unspecified atom stereocenters. The number of nitrogens with zero attached hydrogens (tertiary/aromatic N) is 5. The van der Waals surface area contributed by atoms with Gasteiger partial charge in [-0.05, 0) is 29.8 Å². The van der Waals surface area contributed by atoms with Crippen LogP contribution in [0.25, 0.3) is 17.8 Å². The molecule has 22 heavy (non-hydrogen) atoms. The largest absolute Gasteiger partial charge is 0.287 e. The van der Waals surface area contributed by atoms with E-state index in [1.165, 1.54) is 18.6 Å². The molecule has 0 saturated carbocycles. The van der Waals surface area contributed by atoms with Gasteiger partial charge in [0.15, 0.2) is 0 Å². The van der Waals surface area contributed by atoms with Crippen molar-refractivity contribution in [3.05, 3.63) is 76.6 Å². The van der Waals surface area contributed by atoms with Crippen molar-refractivity contribution >= 4 is 17.8 Å². The smallest absolute Gasteiger partial charge is 0.258 e. The quantitative estimate of drug-likeness (QED) is 0.545. The molecule has 3 rings (SSSR count). The number of benzene rings is 1. The van der Waals surface area contributed by atoms with E-state index in [-0.39, 0.29) is 5.69 Å². The highest BCUT2D eigenvalue weighted by atomic mass is 16.6. The summed E-state index contributed by atoms with van der Waals surface area (Å²) in [4.78, 5) is 18.0. The maximum atomic E-state index is 10.6. The van der Waals surface area contributed by atoms with Crippen LogP contribution in [0.3, 0.4) is 0 Å². The van der Waals surface area contributed by atoms with Crippen LogP contribution in [0.15, 0.2) is 55.2 Å². The van der Waals surface area contributed by atoms with Crippen LogP contribution in [0.5, 0.6) is 0 Å². The predicted octanol–water partition coefficient (Wildman–Crippen LogP) is 2.74. The van der Waals surface area contributed by atoms with Crippen molar-refractivity contribution in [1.82, 2.24) is 19.7 Å². The van der Waals surface area contributed by atoms with Crippen LogP contribution in [-0.2, 0) is 0 Å². The fraction of sp³-hybridized carbons (Fsp3) is 0. The van der Waals surface area contributed by atoms with E-state index in [1.54, 1.807) is 23.2 Å². The van der Waals surface area contributed by atoms with Crippen LogP contribution in [0.1, 0.15) is 11.3 Å². The summed E-state index contributed by atoms with van der Waals surface area (Å²) in [6, 6.07) is 10.8. The monoisotopic (exact) mass is 293 g/mol. The van der Waals surface area contributed by atoms with E-state index in [9.17, 15) is 10.1 Å². The molecule has 0 aliphatic rings. The maximum absolute atomic E-state index is 10.6. The van der Waals surface area contributed by atoms with Gasteiger partial charge >= 0.3 is 0 Å². The Hall–Kier alpha value is -3.35. The van der Waals surface area contributed by atoms with Crippen molar-refractivity contribution < 1.29 is 4.92 Å². The van der Waals surface area contributed by atoms with Crippen LogP contribution >= 0.6 is 0 Å². The van der Waals surface area contributed by atoms with Crippen LogP contribution in [0.4, 0.5) is 5.69 Å². The second-order valence-electron chi connectivity index (χ2n) is 4.46. The van der Waals surface area contributed by atoms with Gasteiger partial charge in [0.1, 0.15) is 18.9 Å². The van der Waals surface area contributed by atoms with Crippen molar-refractivity contribution in [1.29, 1.82) is 0 Å². The number of nitro groups is 1. The summed E-state index contributed by atoms with van der Waals surface area (Å²) in [6.07, 6.45) is 8.04. The summed E-state index contributed by atoms with van der Waals surface area (Å²) in [5, 5.41) is 14.6. The summed E-state index contributed by atoms with van der Waals surface area (Å²) < 4.78 is 1.67. The topological polar surface area (TPSA) is 86.7 Å². The first-order valence-corrected chi connectivity index (χ1v) is 6.46. The first-order valence-electron chi connectivity index (χ1n) is 6.46. The second-order valence-corrected chi connectivity index (χ2v) is 4.46. The van der Waals surface area contributed by atoms with Gasteiger partial charge in [0.25, 0.3) is 5.69 Å². The van der Waals surface area contributed by atoms with Gasteiger partial charge in [-0.3, -0.25) is 10.1 Å². The van der Waals surface area contributed by atoms with Gasteiger partial charge in [-0.25, -0.2) is 14.6 Å². The molecule has 1 aromatic carbocycles. The Morgan fingerprint density at radius 3 is 2.50 bits per heavy atom. The first-order chi connectivity index (χ1) is 10.7. The molecule has 3 aromatic rings. The zero-order valence-electron chi connectivity index (χ0n) is 11.4. The van der Waals surface area contributed by atoms with Crippen LogP contribution < -0.4 is 0 Å². The average molecular weight is 293 g/mol. The van der Waals surface area contributed by atoms with Gasteiger partial charge in [-0.2, -0.15) is 5.10 Å². The average Bonchev–Trinajstić information content (AvgIpc) is 3.08. The maximum Gasteiger partial charge on any atom is 0.287 e. The normalized spacial score (nSPS) is 10.9. The Labute approximate surface area is 125 Å². The lowest BCUT2D eigenvalue weighted by Gasteiger charge is -2.00. The molecule has 0 atom stereocenters. The Bertz CT molecular complexity index is 793. The molecule has 0 aliphatic heterocycles. The van der Waals surface area contributed by atoms with E-state index < -0.39 is 4.92 Å². The fourth-order valence-corrected chi connectivity index (χ4v) is 1.87. The van der Waals surface area contributed by atoms with Crippen molar-refractivity contribution in [2.24, 2.45) is 0 Å². The number of rotatable bonds is 4. The Balaban J connectivity index is 1.73. The van der Waals surface area contributed by atoms with E-state index >= 15 is 0 Å². The predicted molar refractivity (Wildman–Crippen MR) is 81.2 cm³/mol. The minimum absolute atomic E-state index is 0.0191. The van der Waals surface area contributed by atoms with Crippen LogP contribution in [0.2, 0.25) is 0 Å². The highest BCUT2D eigenvalue weighted by Gasteiger charge is 2.03. The van der Waals surface area contributed by atoms with E-state index in [4.69, 9.17) is 0 Å². The number of aromatic nitrogens is 4. The molecule has 0 radical (unpaired) electrons. The lowest BCUT2D eigenvalue weighted by molar-refractivity contribution is -0.385. The second kappa shape index (κ2) is 5.96.